The van der Waals surface area contributed by atoms with Crippen molar-refractivity contribution in [2.45, 2.75) is 32.4 Å². The predicted octanol–water partition coefficient (Wildman–Crippen LogP) is 2.70. The van der Waals surface area contributed by atoms with Crippen LogP contribution in [0.15, 0.2) is 30.7 Å². The first kappa shape index (κ1) is 17.1. The highest BCUT2D eigenvalue weighted by atomic mass is 19.1. The van der Waals surface area contributed by atoms with Gasteiger partial charge < -0.3 is 9.88 Å². The van der Waals surface area contributed by atoms with E-state index >= 15 is 0 Å². The minimum atomic E-state index is -0.603. The van der Waals surface area contributed by atoms with Gasteiger partial charge in [0.2, 0.25) is 5.91 Å². The molecule has 1 N–H and O–H groups in total. The van der Waals surface area contributed by atoms with Crippen molar-refractivity contribution in [3.05, 3.63) is 53.6 Å². The molecule has 1 aromatic heterocycles. The first-order valence-corrected chi connectivity index (χ1v) is 8.94. The molecular weight excluding hydrogens is 338 g/mol. The summed E-state index contributed by atoms with van der Waals surface area (Å²) < 4.78 is 26.8. The highest BCUT2D eigenvalue weighted by Gasteiger charge is 2.44. The largest absolute Gasteiger partial charge is 0.347 e. The van der Waals surface area contributed by atoms with E-state index in [9.17, 15) is 13.6 Å². The third kappa shape index (κ3) is 3.62. The van der Waals surface area contributed by atoms with Gasteiger partial charge in [0.1, 0.15) is 11.6 Å². The summed E-state index contributed by atoms with van der Waals surface area (Å²) >= 11 is 0. The van der Waals surface area contributed by atoms with Crippen LogP contribution >= 0.6 is 0 Å². The van der Waals surface area contributed by atoms with E-state index in [4.69, 9.17) is 0 Å². The Morgan fingerprint density at radius 1 is 1.12 bits per heavy atom. The van der Waals surface area contributed by atoms with Gasteiger partial charge in [0.05, 0.1) is 6.33 Å². The molecule has 0 aliphatic carbocycles. The quantitative estimate of drug-likeness (QED) is 0.912. The molecule has 1 aromatic carbocycles. The molecule has 1 amide bonds. The Kier molecular flexibility index (Phi) is 4.48. The smallest absolute Gasteiger partial charge is 0.223 e. The fourth-order valence-electron chi connectivity index (χ4n) is 4.18. The Bertz CT molecular complexity index is 765. The number of H-pyrrole nitrogens is 1. The van der Waals surface area contributed by atoms with E-state index < -0.39 is 11.6 Å². The summed E-state index contributed by atoms with van der Waals surface area (Å²) in [6.07, 6.45) is 5.97. The minimum absolute atomic E-state index is 0.00651. The molecule has 26 heavy (non-hydrogen) atoms. The van der Waals surface area contributed by atoms with E-state index in [0.29, 0.717) is 18.5 Å². The van der Waals surface area contributed by atoms with Crippen LogP contribution in [-0.2, 0) is 17.9 Å². The molecule has 2 saturated heterocycles. The standard InChI is InChI=1S/C19H22F2N4O/c20-15-5-14(6-16(21)7-15)10-25-12-19(8-18(25)26)1-3-24(4-2-19)11-17-9-22-13-23-17/h5-7,9,13H,1-4,8,10-12H2,(H,22,23). The zero-order valence-corrected chi connectivity index (χ0v) is 14.5. The average molecular weight is 360 g/mol. The predicted molar refractivity (Wildman–Crippen MR) is 91.9 cm³/mol. The Labute approximate surface area is 151 Å². The highest BCUT2D eigenvalue weighted by Crippen LogP contribution is 2.41. The summed E-state index contributed by atoms with van der Waals surface area (Å²) in [5.41, 5.74) is 1.59. The third-order valence-corrected chi connectivity index (χ3v) is 5.57. The van der Waals surface area contributed by atoms with E-state index in [0.717, 1.165) is 44.2 Å². The lowest BCUT2D eigenvalue weighted by Crippen LogP contribution is -2.41. The molecule has 0 radical (unpaired) electrons. The van der Waals surface area contributed by atoms with Crippen LogP contribution in [0.4, 0.5) is 8.78 Å². The van der Waals surface area contributed by atoms with E-state index in [1.54, 1.807) is 11.2 Å². The fraction of sp³-hybridized carbons (Fsp3) is 0.474. The van der Waals surface area contributed by atoms with Crippen LogP contribution in [0, 0.1) is 17.0 Å². The lowest BCUT2D eigenvalue weighted by molar-refractivity contribution is -0.128. The maximum absolute atomic E-state index is 13.4. The summed E-state index contributed by atoms with van der Waals surface area (Å²) in [5, 5.41) is 0. The molecule has 0 atom stereocenters. The van der Waals surface area contributed by atoms with E-state index in [1.165, 1.54) is 12.1 Å². The minimum Gasteiger partial charge on any atom is -0.347 e. The zero-order valence-electron chi connectivity index (χ0n) is 14.5. The molecule has 2 aromatic rings. The van der Waals surface area contributed by atoms with Crippen molar-refractivity contribution in [3.8, 4) is 0 Å². The number of piperidine rings is 1. The SMILES string of the molecule is O=C1CC2(CCN(Cc3cnc[nH]3)CC2)CN1Cc1cc(F)cc(F)c1. The second kappa shape index (κ2) is 6.79. The molecule has 0 unspecified atom stereocenters. The summed E-state index contributed by atoms with van der Waals surface area (Å²) in [7, 11) is 0. The van der Waals surface area contributed by atoms with E-state index in [1.807, 2.05) is 6.20 Å². The van der Waals surface area contributed by atoms with Gasteiger partial charge >= 0.3 is 0 Å². The van der Waals surface area contributed by atoms with Crippen LogP contribution in [0.25, 0.3) is 0 Å². The van der Waals surface area contributed by atoms with Crippen molar-refractivity contribution in [2.75, 3.05) is 19.6 Å². The molecular formula is C19H22F2N4O. The van der Waals surface area contributed by atoms with Gasteiger partial charge in [-0.05, 0) is 49.0 Å². The van der Waals surface area contributed by atoms with Gasteiger partial charge in [-0.3, -0.25) is 9.69 Å². The van der Waals surface area contributed by atoms with Gasteiger partial charge in [-0.2, -0.15) is 0 Å². The van der Waals surface area contributed by atoms with Gasteiger partial charge in [0.15, 0.2) is 0 Å². The van der Waals surface area contributed by atoms with Crippen molar-refractivity contribution in [1.82, 2.24) is 19.8 Å². The van der Waals surface area contributed by atoms with Gasteiger partial charge in [0, 0.05) is 44.0 Å². The second-order valence-electron chi connectivity index (χ2n) is 7.56. The van der Waals surface area contributed by atoms with Gasteiger partial charge in [-0.25, -0.2) is 13.8 Å². The summed E-state index contributed by atoms with van der Waals surface area (Å²) in [6.45, 7) is 3.66. The van der Waals surface area contributed by atoms with Gasteiger partial charge in [-0.1, -0.05) is 0 Å². The van der Waals surface area contributed by atoms with Crippen LogP contribution in [-0.4, -0.2) is 45.3 Å². The van der Waals surface area contributed by atoms with Crippen molar-refractivity contribution >= 4 is 5.91 Å². The number of aromatic amines is 1. The Morgan fingerprint density at radius 2 is 1.85 bits per heavy atom. The van der Waals surface area contributed by atoms with Crippen molar-refractivity contribution in [2.24, 2.45) is 5.41 Å². The number of imidazole rings is 1. The van der Waals surface area contributed by atoms with Gasteiger partial charge in [0.25, 0.3) is 0 Å². The number of nitrogens with one attached hydrogen (secondary N) is 1. The van der Waals surface area contributed by atoms with Crippen LogP contribution in [0.2, 0.25) is 0 Å². The molecule has 4 rings (SSSR count). The molecule has 3 heterocycles. The number of carbonyl (C=O) groups excluding carboxylic acids is 1. The van der Waals surface area contributed by atoms with Crippen molar-refractivity contribution in [1.29, 1.82) is 0 Å². The number of halogens is 2. The number of benzene rings is 1. The molecule has 0 saturated carbocycles. The number of hydrogen-bond donors (Lipinski definition) is 1. The second-order valence-corrected chi connectivity index (χ2v) is 7.56. The van der Waals surface area contributed by atoms with Crippen molar-refractivity contribution < 1.29 is 13.6 Å². The zero-order chi connectivity index (χ0) is 18.1. The maximum atomic E-state index is 13.4. The van der Waals surface area contributed by atoms with E-state index in [2.05, 4.69) is 14.9 Å². The topological polar surface area (TPSA) is 52.2 Å². The number of likely N-dealkylation sites (tertiary alicyclic amines) is 2. The van der Waals surface area contributed by atoms with Crippen LogP contribution < -0.4 is 0 Å². The first-order valence-electron chi connectivity index (χ1n) is 8.94. The molecule has 138 valence electrons. The van der Waals surface area contributed by atoms with Crippen molar-refractivity contribution in [3.63, 3.8) is 0 Å². The molecule has 2 fully saturated rings. The van der Waals surface area contributed by atoms with Crippen LogP contribution in [0.5, 0.6) is 0 Å². The molecule has 0 bridgehead atoms. The number of aromatic nitrogens is 2. The first-order chi connectivity index (χ1) is 12.5. The molecule has 1 spiro atoms. The van der Waals surface area contributed by atoms with Crippen LogP contribution in [0.3, 0.4) is 0 Å². The van der Waals surface area contributed by atoms with Gasteiger partial charge in [-0.15, -0.1) is 0 Å². The molecule has 5 nitrogen and oxygen atoms in total. The molecule has 7 heteroatoms. The van der Waals surface area contributed by atoms with E-state index in [-0.39, 0.29) is 17.9 Å². The van der Waals surface area contributed by atoms with Crippen LogP contribution in [0.1, 0.15) is 30.5 Å². The fourth-order valence-corrected chi connectivity index (χ4v) is 4.18. The number of carbonyl (C=O) groups is 1. The molecule has 2 aliphatic heterocycles. The highest BCUT2D eigenvalue weighted by molar-refractivity contribution is 5.79. The third-order valence-electron chi connectivity index (χ3n) is 5.57. The average Bonchev–Trinajstić information content (AvgIpc) is 3.18. The number of nitrogens with zero attached hydrogens (tertiary/aromatic N) is 3. The normalized spacial score (nSPS) is 20.2. The summed E-state index contributed by atoms with van der Waals surface area (Å²) in [4.78, 5) is 23.8. The Balaban J connectivity index is 1.37. The Morgan fingerprint density at radius 3 is 2.50 bits per heavy atom. The maximum Gasteiger partial charge on any atom is 0.223 e. The number of hydrogen-bond acceptors (Lipinski definition) is 3. The number of rotatable bonds is 4. The molecule has 2 aliphatic rings. The Hall–Kier alpha value is -2.28. The number of amides is 1. The summed E-state index contributed by atoms with van der Waals surface area (Å²) in [5.74, 6) is -1.13. The monoisotopic (exact) mass is 360 g/mol. The summed E-state index contributed by atoms with van der Waals surface area (Å²) in [6, 6.07) is 3.45. The lowest BCUT2D eigenvalue weighted by Gasteiger charge is -2.38. The lowest BCUT2D eigenvalue weighted by atomic mass is 9.77.